The van der Waals surface area contributed by atoms with Crippen molar-refractivity contribution < 1.29 is 23.5 Å². The molecule has 0 atom stereocenters. The van der Waals surface area contributed by atoms with Crippen LogP contribution < -0.4 is 5.32 Å². The Balaban J connectivity index is 2.74. The molecule has 4 nitrogen and oxygen atoms in total. The zero-order valence-corrected chi connectivity index (χ0v) is 9.34. The Labute approximate surface area is 99.6 Å². The fourth-order valence-electron chi connectivity index (χ4n) is 1.05. The van der Waals surface area contributed by atoms with Crippen molar-refractivity contribution in [2.45, 2.75) is 6.43 Å². The lowest BCUT2D eigenvalue weighted by Crippen LogP contribution is -2.28. The first kappa shape index (κ1) is 13.3. The van der Waals surface area contributed by atoms with Gasteiger partial charge in [-0.3, -0.25) is 4.79 Å². The number of alkyl halides is 2. The number of aliphatic carboxylic acids is 1. The first-order valence-electron chi connectivity index (χ1n) is 4.55. The molecule has 1 aromatic rings. The van der Waals surface area contributed by atoms with Crippen LogP contribution in [0.1, 0.15) is 15.2 Å². The van der Waals surface area contributed by atoms with E-state index in [4.69, 9.17) is 5.11 Å². The Morgan fingerprint density at radius 1 is 1.53 bits per heavy atom. The van der Waals surface area contributed by atoms with Gasteiger partial charge in [0.1, 0.15) is 0 Å². The summed E-state index contributed by atoms with van der Waals surface area (Å²) in [5.41, 5.74) is 0.393. The quantitative estimate of drug-likeness (QED) is 0.795. The summed E-state index contributed by atoms with van der Waals surface area (Å²) in [6.07, 6.45) is -0.487. The number of halogens is 2. The lowest BCUT2D eigenvalue weighted by atomic mass is 10.2. The second kappa shape index (κ2) is 6.09. The van der Waals surface area contributed by atoms with Crippen molar-refractivity contribution in [3.05, 3.63) is 28.0 Å². The van der Waals surface area contributed by atoms with Crippen LogP contribution in [0.15, 0.2) is 17.5 Å². The van der Waals surface area contributed by atoms with E-state index in [1.807, 2.05) is 0 Å². The lowest BCUT2D eigenvalue weighted by Gasteiger charge is -2.03. The van der Waals surface area contributed by atoms with Gasteiger partial charge in [0.2, 0.25) is 0 Å². The summed E-state index contributed by atoms with van der Waals surface area (Å²) in [4.78, 5) is 22.0. The maximum Gasteiger partial charge on any atom is 0.328 e. The maximum atomic E-state index is 11.9. The molecule has 0 aliphatic heterocycles. The normalized spacial score (nSPS) is 11.0. The standard InChI is InChI=1S/C10H9F2NO3S/c11-7(12)5-13-10(16)9-6(3-4-17-9)1-2-8(14)15/h1-4,7H,5H2,(H,13,16)(H,14,15)/b2-1+. The summed E-state index contributed by atoms with van der Waals surface area (Å²) in [6, 6.07) is 1.54. The molecular formula is C10H9F2NO3S. The number of carboxylic acids is 1. The molecule has 0 spiro atoms. The van der Waals surface area contributed by atoms with Crippen molar-refractivity contribution in [1.82, 2.24) is 5.32 Å². The molecular weight excluding hydrogens is 252 g/mol. The molecule has 0 unspecified atom stereocenters. The number of hydrogen-bond acceptors (Lipinski definition) is 3. The van der Waals surface area contributed by atoms with Crippen molar-refractivity contribution in [3.63, 3.8) is 0 Å². The first-order chi connectivity index (χ1) is 8.00. The van der Waals surface area contributed by atoms with Crippen molar-refractivity contribution >= 4 is 29.3 Å². The van der Waals surface area contributed by atoms with Crippen molar-refractivity contribution in [2.24, 2.45) is 0 Å². The Morgan fingerprint density at radius 3 is 2.82 bits per heavy atom. The van der Waals surface area contributed by atoms with Gasteiger partial charge in [-0.15, -0.1) is 11.3 Å². The summed E-state index contributed by atoms with van der Waals surface area (Å²) in [5, 5.41) is 12.1. The number of nitrogens with one attached hydrogen (secondary N) is 1. The van der Waals surface area contributed by atoms with Crippen LogP contribution in [0.3, 0.4) is 0 Å². The van der Waals surface area contributed by atoms with Crippen molar-refractivity contribution in [1.29, 1.82) is 0 Å². The van der Waals surface area contributed by atoms with Gasteiger partial charge in [-0.05, 0) is 23.1 Å². The smallest absolute Gasteiger partial charge is 0.328 e. The largest absolute Gasteiger partial charge is 0.478 e. The minimum Gasteiger partial charge on any atom is -0.478 e. The molecule has 0 aliphatic carbocycles. The Kier molecular flexibility index (Phi) is 4.77. The number of carbonyl (C=O) groups is 2. The third-order valence-electron chi connectivity index (χ3n) is 1.72. The van der Waals surface area contributed by atoms with E-state index in [1.54, 1.807) is 11.4 Å². The van der Waals surface area contributed by atoms with Gasteiger partial charge in [-0.25, -0.2) is 13.6 Å². The average molecular weight is 261 g/mol. The molecule has 0 fully saturated rings. The van der Waals surface area contributed by atoms with E-state index in [2.05, 4.69) is 5.32 Å². The van der Waals surface area contributed by atoms with Crippen LogP contribution in [0.25, 0.3) is 6.08 Å². The SMILES string of the molecule is O=C(O)/C=C/c1ccsc1C(=O)NCC(F)F. The van der Waals surface area contributed by atoms with E-state index in [0.717, 1.165) is 17.4 Å². The molecule has 0 saturated carbocycles. The highest BCUT2D eigenvalue weighted by Gasteiger charge is 2.13. The van der Waals surface area contributed by atoms with E-state index in [-0.39, 0.29) is 4.88 Å². The number of amides is 1. The van der Waals surface area contributed by atoms with Crippen LogP contribution in [0.2, 0.25) is 0 Å². The van der Waals surface area contributed by atoms with Crippen LogP contribution in [-0.2, 0) is 4.79 Å². The molecule has 1 rings (SSSR count). The third kappa shape index (κ3) is 4.31. The van der Waals surface area contributed by atoms with E-state index in [9.17, 15) is 18.4 Å². The monoisotopic (exact) mass is 261 g/mol. The molecule has 1 amide bonds. The Bertz CT molecular complexity index is 443. The number of carboxylic acid groups (broad SMARTS) is 1. The van der Waals surface area contributed by atoms with Gasteiger partial charge in [-0.2, -0.15) is 0 Å². The average Bonchev–Trinajstić information content (AvgIpc) is 2.71. The number of rotatable bonds is 5. The predicted octanol–water partition coefficient (Wildman–Crippen LogP) is 1.84. The molecule has 7 heteroatoms. The van der Waals surface area contributed by atoms with Gasteiger partial charge >= 0.3 is 5.97 Å². The number of carbonyl (C=O) groups excluding carboxylic acids is 1. The zero-order chi connectivity index (χ0) is 12.8. The fourth-order valence-corrected chi connectivity index (χ4v) is 1.85. The van der Waals surface area contributed by atoms with Gasteiger partial charge in [-0.1, -0.05) is 0 Å². The molecule has 0 radical (unpaired) electrons. The summed E-state index contributed by atoms with van der Waals surface area (Å²) >= 11 is 1.06. The molecule has 0 aromatic carbocycles. The van der Waals surface area contributed by atoms with Crippen LogP contribution in [0.5, 0.6) is 0 Å². The van der Waals surface area contributed by atoms with Crippen LogP contribution in [0, 0.1) is 0 Å². The highest BCUT2D eigenvalue weighted by molar-refractivity contribution is 7.12. The molecule has 92 valence electrons. The van der Waals surface area contributed by atoms with E-state index in [0.29, 0.717) is 5.56 Å². The van der Waals surface area contributed by atoms with Crippen LogP contribution in [-0.4, -0.2) is 30.0 Å². The minimum atomic E-state index is -2.61. The molecule has 2 N–H and O–H groups in total. The molecule has 1 heterocycles. The van der Waals surface area contributed by atoms with Crippen LogP contribution >= 0.6 is 11.3 Å². The van der Waals surface area contributed by atoms with Gasteiger partial charge in [0, 0.05) is 6.08 Å². The zero-order valence-electron chi connectivity index (χ0n) is 8.52. The second-order valence-electron chi connectivity index (χ2n) is 2.98. The minimum absolute atomic E-state index is 0.211. The first-order valence-corrected chi connectivity index (χ1v) is 5.43. The molecule has 0 bridgehead atoms. The van der Waals surface area contributed by atoms with E-state index in [1.165, 1.54) is 6.08 Å². The predicted molar refractivity (Wildman–Crippen MR) is 59.3 cm³/mol. The lowest BCUT2D eigenvalue weighted by molar-refractivity contribution is -0.131. The van der Waals surface area contributed by atoms with Crippen molar-refractivity contribution in [3.8, 4) is 0 Å². The second-order valence-corrected chi connectivity index (χ2v) is 3.89. The third-order valence-corrected chi connectivity index (χ3v) is 2.65. The summed E-state index contributed by atoms with van der Waals surface area (Å²) in [5.74, 6) is -1.78. The fraction of sp³-hybridized carbons (Fsp3) is 0.200. The van der Waals surface area contributed by atoms with E-state index < -0.39 is 24.8 Å². The topological polar surface area (TPSA) is 66.4 Å². The van der Waals surface area contributed by atoms with E-state index >= 15 is 0 Å². The highest BCUT2D eigenvalue weighted by Crippen LogP contribution is 2.18. The van der Waals surface area contributed by atoms with Gasteiger partial charge < -0.3 is 10.4 Å². The van der Waals surface area contributed by atoms with Gasteiger partial charge in [0.05, 0.1) is 11.4 Å². The summed E-state index contributed by atoms with van der Waals surface area (Å²) < 4.78 is 23.8. The van der Waals surface area contributed by atoms with Crippen molar-refractivity contribution in [2.75, 3.05) is 6.54 Å². The number of thiophene rings is 1. The molecule has 1 aromatic heterocycles. The molecule has 17 heavy (non-hydrogen) atoms. The highest BCUT2D eigenvalue weighted by atomic mass is 32.1. The molecule has 0 aliphatic rings. The maximum absolute atomic E-state index is 11.9. The molecule has 0 saturated heterocycles. The Hall–Kier alpha value is -1.76. The van der Waals surface area contributed by atoms with Crippen LogP contribution in [0.4, 0.5) is 8.78 Å². The summed E-state index contributed by atoms with van der Waals surface area (Å²) in [7, 11) is 0. The number of hydrogen-bond donors (Lipinski definition) is 2. The Morgan fingerprint density at radius 2 is 2.24 bits per heavy atom. The summed E-state index contributed by atoms with van der Waals surface area (Å²) in [6.45, 7) is -0.723. The van der Waals surface area contributed by atoms with Gasteiger partial charge in [0.25, 0.3) is 12.3 Å². The van der Waals surface area contributed by atoms with Gasteiger partial charge in [0.15, 0.2) is 0 Å².